The van der Waals surface area contributed by atoms with Gasteiger partial charge in [-0.25, -0.2) is 8.78 Å². The van der Waals surface area contributed by atoms with E-state index in [2.05, 4.69) is 31.4 Å². The number of hydrogen-bond acceptors (Lipinski definition) is 3. The molecule has 112 valence electrons. The zero-order chi connectivity index (χ0) is 15.2. The van der Waals surface area contributed by atoms with E-state index in [0.717, 1.165) is 18.5 Å². The molecule has 1 aromatic carbocycles. The summed E-state index contributed by atoms with van der Waals surface area (Å²) in [7, 11) is 0. The average Bonchev–Trinajstić information content (AvgIpc) is 2.51. The summed E-state index contributed by atoms with van der Waals surface area (Å²) < 4.78 is 28.3. The highest BCUT2D eigenvalue weighted by atomic mass is 79.9. The fourth-order valence-electron chi connectivity index (χ4n) is 2.09. The first-order valence-corrected chi connectivity index (χ1v) is 7.55. The van der Waals surface area contributed by atoms with Crippen LogP contribution in [-0.4, -0.2) is 16.7 Å². The summed E-state index contributed by atoms with van der Waals surface area (Å²) in [6, 6.07) is 4.23. The number of aromatic nitrogens is 2. The van der Waals surface area contributed by atoms with E-state index in [1.807, 2.05) is 6.92 Å². The van der Waals surface area contributed by atoms with E-state index >= 15 is 0 Å². The molecule has 1 unspecified atom stereocenters. The zero-order valence-electron chi connectivity index (χ0n) is 11.6. The molecule has 1 atom stereocenters. The van der Waals surface area contributed by atoms with Gasteiger partial charge in [-0.3, -0.25) is 0 Å². The lowest BCUT2D eigenvalue weighted by Crippen LogP contribution is -2.25. The fraction of sp³-hybridized carbons (Fsp3) is 0.333. The molecule has 0 amide bonds. The highest BCUT2D eigenvalue weighted by Crippen LogP contribution is 2.26. The molecule has 2 rings (SSSR count). The number of rotatable bonds is 6. The largest absolute Gasteiger partial charge is 0.310 e. The number of nitrogens with one attached hydrogen (secondary N) is 1. The van der Waals surface area contributed by atoms with Crippen LogP contribution in [-0.2, 0) is 6.42 Å². The molecule has 0 saturated carbocycles. The Hall–Kier alpha value is -1.40. The lowest BCUT2D eigenvalue weighted by molar-refractivity contribution is 0.487. The fourth-order valence-corrected chi connectivity index (χ4v) is 2.47. The van der Waals surface area contributed by atoms with Crippen molar-refractivity contribution in [3.63, 3.8) is 0 Å². The van der Waals surface area contributed by atoms with Crippen molar-refractivity contribution in [1.29, 1.82) is 0 Å². The first-order valence-electron chi connectivity index (χ1n) is 6.75. The van der Waals surface area contributed by atoms with E-state index in [1.165, 1.54) is 12.1 Å². The molecule has 0 bridgehead atoms. The standard InChI is InChI=1S/C15H16BrF2N3/c1-2-6-19-14(10-5-7-20-21-9-10)8-11-13(17)4-3-12(16)15(11)18/h3-5,7,9,14,19H,2,6,8H2,1H3. The van der Waals surface area contributed by atoms with Crippen LogP contribution in [0.3, 0.4) is 0 Å². The minimum atomic E-state index is -0.555. The Balaban J connectivity index is 2.29. The number of halogens is 3. The summed E-state index contributed by atoms with van der Waals surface area (Å²) in [5, 5.41) is 10.9. The summed E-state index contributed by atoms with van der Waals surface area (Å²) in [5.74, 6) is -1.10. The lowest BCUT2D eigenvalue weighted by Gasteiger charge is -2.19. The van der Waals surface area contributed by atoms with Gasteiger partial charge in [0, 0.05) is 17.8 Å². The Labute approximate surface area is 130 Å². The van der Waals surface area contributed by atoms with Crippen LogP contribution in [0.25, 0.3) is 0 Å². The summed E-state index contributed by atoms with van der Waals surface area (Å²) in [5.41, 5.74) is 0.923. The maximum atomic E-state index is 14.1. The van der Waals surface area contributed by atoms with Crippen molar-refractivity contribution in [1.82, 2.24) is 15.5 Å². The minimum absolute atomic E-state index is 0.0646. The summed E-state index contributed by atoms with van der Waals surface area (Å²) in [6.07, 6.45) is 4.33. The minimum Gasteiger partial charge on any atom is -0.310 e. The quantitative estimate of drug-likeness (QED) is 0.800. The molecule has 6 heteroatoms. The molecular formula is C15H16BrF2N3. The molecule has 0 aliphatic rings. The van der Waals surface area contributed by atoms with Gasteiger partial charge in [0.25, 0.3) is 0 Å². The Kier molecular flexibility index (Phi) is 5.76. The second-order valence-electron chi connectivity index (χ2n) is 4.71. The van der Waals surface area contributed by atoms with Crippen molar-refractivity contribution in [2.75, 3.05) is 6.54 Å². The van der Waals surface area contributed by atoms with E-state index < -0.39 is 11.6 Å². The Bertz CT molecular complexity index is 593. The summed E-state index contributed by atoms with van der Waals surface area (Å²) in [6.45, 7) is 2.79. The normalized spacial score (nSPS) is 12.4. The maximum Gasteiger partial charge on any atom is 0.143 e. The van der Waals surface area contributed by atoms with Crippen LogP contribution >= 0.6 is 15.9 Å². The van der Waals surface area contributed by atoms with Crippen LogP contribution < -0.4 is 5.32 Å². The molecule has 0 fully saturated rings. The SMILES string of the molecule is CCCNC(Cc1c(F)ccc(Br)c1F)c1ccnnc1. The van der Waals surface area contributed by atoms with Gasteiger partial charge in [-0.05, 0) is 59.1 Å². The molecule has 2 aromatic rings. The van der Waals surface area contributed by atoms with E-state index in [4.69, 9.17) is 0 Å². The second-order valence-corrected chi connectivity index (χ2v) is 5.56. The second kappa shape index (κ2) is 7.56. The van der Waals surface area contributed by atoms with Crippen molar-refractivity contribution < 1.29 is 8.78 Å². The molecule has 1 aromatic heterocycles. The third-order valence-electron chi connectivity index (χ3n) is 3.20. The summed E-state index contributed by atoms with van der Waals surface area (Å²) in [4.78, 5) is 0. The van der Waals surface area contributed by atoms with Gasteiger partial charge in [0.05, 0.1) is 10.7 Å². The van der Waals surface area contributed by atoms with Crippen LogP contribution in [0.2, 0.25) is 0 Å². The predicted octanol–water partition coefficient (Wildman–Crippen LogP) is 3.80. The number of nitrogens with zero attached hydrogens (tertiary/aromatic N) is 2. The highest BCUT2D eigenvalue weighted by molar-refractivity contribution is 9.10. The topological polar surface area (TPSA) is 37.8 Å². The van der Waals surface area contributed by atoms with E-state index in [-0.39, 0.29) is 22.5 Å². The highest BCUT2D eigenvalue weighted by Gasteiger charge is 2.19. The first-order chi connectivity index (χ1) is 10.1. The molecular weight excluding hydrogens is 340 g/mol. The lowest BCUT2D eigenvalue weighted by atomic mass is 9.99. The van der Waals surface area contributed by atoms with Gasteiger partial charge in [-0.2, -0.15) is 10.2 Å². The van der Waals surface area contributed by atoms with Gasteiger partial charge in [0.15, 0.2) is 0 Å². The number of benzene rings is 1. The van der Waals surface area contributed by atoms with Crippen molar-refractivity contribution in [3.05, 3.63) is 57.8 Å². The zero-order valence-corrected chi connectivity index (χ0v) is 13.2. The van der Waals surface area contributed by atoms with Gasteiger partial charge < -0.3 is 5.32 Å². The molecule has 0 saturated heterocycles. The van der Waals surface area contributed by atoms with Gasteiger partial charge in [0.2, 0.25) is 0 Å². The molecule has 0 aliphatic carbocycles. The third-order valence-corrected chi connectivity index (χ3v) is 3.81. The van der Waals surface area contributed by atoms with E-state index in [0.29, 0.717) is 0 Å². The van der Waals surface area contributed by atoms with Crippen LogP contribution in [0.5, 0.6) is 0 Å². The van der Waals surface area contributed by atoms with E-state index in [1.54, 1.807) is 18.5 Å². The van der Waals surface area contributed by atoms with Crippen molar-refractivity contribution in [2.24, 2.45) is 0 Å². The van der Waals surface area contributed by atoms with Gasteiger partial charge in [-0.1, -0.05) is 6.92 Å². The Morgan fingerprint density at radius 3 is 2.71 bits per heavy atom. The molecule has 0 radical (unpaired) electrons. The predicted molar refractivity (Wildman–Crippen MR) is 80.8 cm³/mol. The van der Waals surface area contributed by atoms with Crippen molar-refractivity contribution in [2.45, 2.75) is 25.8 Å². The Morgan fingerprint density at radius 2 is 2.05 bits per heavy atom. The van der Waals surface area contributed by atoms with Crippen molar-refractivity contribution >= 4 is 15.9 Å². The van der Waals surface area contributed by atoms with Gasteiger partial charge in [0.1, 0.15) is 11.6 Å². The monoisotopic (exact) mass is 355 g/mol. The van der Waals surface area contributed by atoms with Crippen LogP contribution in [0, 0.1) is 11.6 Å². The molecule has 0 aliphatic heterocycles. The molecule has 21 heavy (non-hydrogen) atoms. The molecule has 1 heterocycles. The number of hydrogen-bond donors (Lipinski definition) is 1. The summed E-state index contributed by atoms with van der Waals surface area (Å²) >= 11 is 3.09. The van der Waals surface area contributed by atoms with Crippen LogP contribution in [0.15, 0.2) is 35.1 Å². The average molecular weight is 356 g/mol. The van der Waals surface area contributed by atoms with Crippen LogP contribution in [0.4, 0.5) is 8.78 Å². The van der Waals surface area contributed by atoms with Gasteiger partial charge in [-0.15, -0.1) is 0 Å². The smallest absolute Gasteiger partial charge is 0.143 e. The molecule has 3 nitrogen and oxygen atoms in total. The molecule has 0 spiro atoms. The Morgan fingerprint density at radius 1 is 1.24 bits per heavy atom. The molecule has 1 N–H and O–H groups in total. The maximum absolute atomic E-state index is 14.1. The van der Waals surface area contributed by atoms with Crippen LogP contribution in [0.1, 0.15) is 30.5 Å². The third kappa shape index (κ3) is 4.04. The van der Waals surface area contributed by atoms with E-state index in [9.17, 15) is 8.78 Å². The van der Waals surface area contributed by atoms with Crippen molar-refractivity contribution in [3.8, 4) is 0 Å². The first kappa shape index (κ1) is 16.0. The van der Waals surface area contributed by atoms with Gasteiger partial charge >= 0.3 is 0 Å².